The molecule has 6 heteroatoms. The first-order valence-electron chi connectivity index (χ1n) is 4.69. The van der Waals surface area contributed by atoms with Gasteiger partial charge in [0, 0.05) is 0 Å². The fourth-order valence-electron chi connectivity index (χ4n) is 1.26. The van der Waals surface area contributed by atoms with E-state index in [0.29, 0.717) is 18.8 Å². The summed E-state index contributed by atoms with van der Waals surface area (Å²) in [5.41, 5.74) is -2.87. The predicted octanol–water partition coefficient (Wildman–Crippen LogP) is 3.09. The van der Waals surface area contributed by atoms with Crippen LogP contribution in [-0.4, -0.2) is 17.6 Å². The number of hydrogen-bond donors (Lipinski definition) is 1. The third kappa shape index (κ3) is 2.87. The van der Waals surface area contributed by atoms with E-state index in [0.717, 1.165) is 6.07 Å². The molecule has 0 saturated heterocycles. The summed E-state index contributed by atoms with van der Waals surface area (Å²) < 4.78 is 37.8. The van der Waals surface area contributed by atoms with E-state index < -0.39 is 16.6 Å². The van der Waals surface area contributed by atoms with Crippen molar-refractivity contribution in [2.45, 2.75) is 23.5 Å². The van der Waals surface area contributed by atoms with Crippen LogP contribution >= 0.6 is 15.9 Å². The molecular formula is C11H10BrF3O2. The highest BCUT2D eigenvalue weighted by Gasteiger charge is 2.51. The maximum Gasteiger partial charge on any atom is 0.421 e. The molecule has 0 saturated carbocycles. The number of aldehydes is 1. The van der Waals surface area contributed by atoms with Gasteiger partial charge >= 0.3 is 6.18 Å². The minimum atomic E-state index is -4.77. The Morgan fingerprint density at radius 3 is 2.47 bits per heavy atom. The van der Waals surface area contributed by atoms with Gasteiger partial charge in [0.1, 0.15) is 6.29 Å². The monoisotopic (exact) mass is 310 g/mol. The second-order valence-corrected chi connectivity index (χ2v) is 4.72. The Morgan fingerprint density at radius 2 is 2.00 bits per heavy atom. The zero-order valence-corrected chi connectivity index (χ0v) is 10.4. The van der Waals surface area contributed by atoms with E-state index in [1.807, 2.05) is 0 Å². The smallest absolute Gasteiger partial charge is 0.376 e. The fraction of sp³-hybridized carbons (Fsp3) is 0.364. The summed E-state index contributed by atoms with van der Waals surface area (Å²) in [6.45, 7) is 0.677. The standard InChI is InChI=1S/C11H10BrF3O2/c1-10(17,11(13,14)15)8-4-2-3-7(5-8)9(12)6-16/h2-6,9,17H,1H3. The number of hydrogen-bond acceptors (Lipinski definition) is 2. The first kappa shape index (κ1) is 14.2. The van der Waals surface area contributed by atoms with Gasteiger partial charge in [0.2, 0.25) is 0 Å². The minimum absolute atomic E-state index is 0.297. The molecule has 0 radical (unpaired) electrons. The van der Waals surface area contributed by atoms with Crippen molar-refractivity contribution in [1.82, 2.24) is 0 Å². The number of carbonyl (C=O) groups excluding carboxylic acids is 1. The topological polar surface area (TPSA) is 37.3 Å². The van der Waals surface area contributed by atoms with Crippen LogP contribution in [0.3, 0.4) is 0 Å². The molecule has 0 amide bonds. The summed E-state index contributed by atoms with van der Waals surface area (Å²) in [6.07, 6.45) is -4.21. The quantitative estimate of drug-likeness (QED) is 0.688. The fourth-order valence-corrected chi connectivity index (χ4v) is 1.54. The number of carbonyl (C=O) groups is 1. The van der Waals surface area contributed by atoms with Gasteiger partial charge in [-0.1, -0.05) is 40.2 Å². The van der Waals surface area contributed by atoms with Crippen LogP contribution in [0.15, 0.2) is 24.3 Å². The third-order valence-corrected chi connectivity index (χ3v) is 3.18. The summed E-state index contributed by atoms with van der Waals surface area (Å²) in [5, 5.41) is 9.47. The lowest BCUT2D eigenvalue weighted by atomic mass is 9.93. The predicted molar refractivity (Wildman–Crippen MR) is 59.8 cm³/mol. The highest BCUT2D eigenvalue weighted by atomic mass is 79.9. The molecule has 17 heavy (non-hydrogen) atoms. The van der Waals surface area contributed by atoms with E-state index in [2.05, 4.69) is 15.9 Å². The maximum absolute atomic E-state index is 12.6. The largest absolute Gasteiger partial charge is 0.421 e. The van der Waals surface area contributed by atoms with E-state index in [4.69, 9.17) is 0 Å². The summed E-state index contributed by atoms with van der Waals surface area (Å²) >= 11 is 3.01. The number of aliphatic hydroxyl groups is 1. The molecule has 1 rings (SSSR count). The molecule has 94 valence electrons. The van der Waals surface area contributed by atoms with Crippen molar-refractivity contribution in [1.29, 1.82) is 0 Å². The van der Waals surface area contributed by atoms with Crippen molar-refractivity contribution in [2.24, 2.45) is 0 Å². The molecule has 1 aromatic rings. The molecule has 0 heterocycles. The Kier molecular flexibility index (Phi) is 3.99. The summed E-state index contributed by atoms with van der Waals surface area (Å²) in [5.74, 6) is 0. The van der Waals surface area contributed by atoms with Gasteiger partial charge in [-0.3, -0.25) is 0 Å². The Hall–Kier alpha value is -0.880. The van der Waals surface area contributed by atoms with Gasteiger partial charge in [0.15, 0.2) is 5.60 Å². The summed E-state index contributed by atoms with van der Waals surface area (Å²) in [4.78, 5) is 9.84. The number of benzene rings is 1. The molecule has 0 aliphatic rings. The van der Waals surface area contributed by atoms with Crippen molar-refractivity contribution in [3.63, 3.8) is 0 Å². The van der Waals surface area contributed by atoms with Gasteiger partial charge in [-0.15, -0.1) is 0 Å². The molecule has 0 aliphatic heterocycles. The second-order valence-electron chi connectivity index (χ2n) is 3.73. The van der Waals surface area contributed by atoms with Gasteiger partial charge in [-0.05, 0) is 18.1 Å². The Morgan fingerprint density at radius 1 is 1.41 bits per heavy atom. The second kappa shape index (κ2) is 4.78. The van der Waals surface area contributed by atoms with Crippen molar-refractivity contribution in [2.75, 3.05) is 0 Å². The van der Waals surface area contributed by atoms with Crippen LogP contribution in [0, 0.1) is 0 Å². The summed E-state index contributed by atoms with van der Waals surface area (Å²) in [7, 11) is 0. The first-order chi connectivity index (χ1) is 7.70. The average Bonchev–Trinajstić information content (AvgIpc) is 2.26. The zero-order chi connectivity index (χ0) is 13.3. The lowest BCUT2D eigenvalue weighted by molar-refractivity contribution is -0.258. The lowest BCUT2D eigenvalue weighted by Gasteiger charge is -2.27. The van der Waals surface area contributed by atoms with Gasteiger partial charge in [0.25, 0.3) is 0 Å². The van der Waals surface area contributed by atoms with E-state index in [-0.39, 0.29) is 5.56 Å². The van der Waals surface area contributed by atoms with Crippen LogP contribution in [0.2, 0.25) is 0 Å². The van der Waals surface area contributed by atoms with Gasteiger partial charge in [0.05, 0.1) is 4.83 Å². The van der Waals surface area contributed by atoms with E-state index in [9.17, 15) is 23.1 Å². The van der Waals surface area contributed by atoms with Gasteiger partial charge in [-0.2, -0.15) is 13.2 Å². The Bertz CT molecular complexity index is 415. The van der Waals surface area contributed by atoms with Crippen molar-refractivity contribution >= 4 is 22.2 Å². The molecule has 2 unspecified atom stereocenters. The highest BCUT2D eigenvalue weighted by Crippen LogP contribution is 2.39. The molecule has 0 spiro atoms. The van der Waals surface area contributed by atoms with Gasteiger partial charge in [-0.25, -0.2) is 0 Å². The normalized spacial score (nSPS) is 17.3. The Balaban J connectivity index is 3.20. The molecule has 0 bridgehead atoms. The maximum atomic E-state index is 12.6. The average molecular weight is 311 g/mol. The molecule has 2 atom stereocenters. The van der Waals surface area contributed by atoms with Crippen molar-refractivity contribution < 1.29 is 23.1 Å². The van der Waals surface area contributed by atoms with Crippen LogP contribution in [0.1, 0.15) is 22.9 Å². The van der Waals surface area contributed by atoms with Crippen LogP contribution in [-0.2, 0) is 10.4 Å². The van der Waals surface area contributed by atoms with E-state index >= 15 is 0 Å². The summed E-state index contributed by atoms with van der Waals surface area (Å²) in [6, 6.07) is 5.19. The molecule has 1 aromatic carbocycles. The third-order valence-electron chi connectivity index (χ3n) is 2.44. The van der Waals surface area contributed by atoms with Crippen LogP contribution in [0.5, 0.6) is 0 Å². The van der Waals surface area contributed by atoms with Gasteiger partial charge < -0.3 is 9.90 Å². The molecule has 2 nitrogen and oxygen atoms in total. The highest BCUT2D eigenvalue weighted by molar-refractivity contribution is 9.09. The number of halogens is 4. The number of rotatable bonds is 3. The number of alkyl halides is 4. The molecule has 0 fully saturated rings. The lowest BCUT2D eigenvalue weighted by Crippen LogP contribution is -2.39. The van der Waals surface area contributed by atoms with Crippen LogP contribution < -0.4 is 0 Å². The van der Waals surface area contributed by atoms with Crippen molar-refractivity contribution in [3.05, 3.63) is 35.4 Å². The van der Waals surface area contributed by atoms with Crippen molar-refractivity contribution in [3.8, 4) is 0 Å². The molecule has 1 N–H and O–H groups in total. The first-order valence-corrected chi connectivity index (χ1v) is 5.60. The van der Waals surface area contributed by atoms with Crippen LogP contribution in [0.4, 0.5) is 13.2 Å². The zero-order valence-electron chi connectivity index (χ0n) is 8.83. The van der Waals surface area contributed by atoms with Crippen LogP contribution in [0.25, 0.3) is 0 Å². The molecular weight excluding hydrogens is 301 g/mol. The molecule has 0 aromatic heterocycles. The van der Waals surface area contributed by atoms with E-state index in [1.54, 1.807) is 0 Å². The molecule has 0 aliphatic carbocycles. The Labute approximate surface area is 105 Å². The van der Waals surface area contributed by atoms with E-state index in [1.165, 1.54) is 18.2 Å². The SMILES string of the molecule is CC(O)(c1cccc(C(Br)C=O)c1)C(F)(F)F. The minimum Gasteiger partial charge on any atom is -0.376 e.